The number of amides is 1. The molecule has 0 radical (unpaired) electrons. The smallest absolute Gasteiger partial charge is 0.255 e. The summed E-state index contributed by atoms with van der Waals surface area (Å²) in [4.78, 5) is 12.7. The Morgan fingerprint density at radius 2 is 1.71 bits per heavy atom. The van der Waals surface area contributed by atoms with Crippen molar-refractivity contribution in [3.05, 3.63) is 58.1 Å². The van der Waals surface area contributed by atoms with Gasteiger partial charge in [-0.1, -0.05) is 36.6 Å². The first-order valence-electron chi connectivity index (χ1n) is 9.48. The number of carbonyl (C=O) groups is 1. The number of halogens is 1. The third-order valence-electron chi connectivity index (χ3n) is 5.23. The van der Waals surface area contributed by atoms with Crippen LogP contribution in [0.1, 0.15) is 47.2 Å². The Labute approximate surface area is 171 Å². The largest absolute Gasteiger partial charge is 0.322 e. The fraction of sp³-hybridized carbons (Fsp3) is 0.381. The molecule has 0 atom stereocenters. The Kier molecular flexibility index (Phi) is 6.43. The number of nitrogens with one attached hydrogen (secondary N) is 1. The second-order valence-electron chi connectivity index (χ2n) is 7.17. The van der Waals surface area contributed by atoms with Crippen LogP contribution in [0.5, 0.6) is 0 Å². The molecule has 1 aliphatic rings. The molecule has 1 amide bonds. The molecule has 1 aliphatic heterocycles. The molecule has 3 rings (SSSR count). The predicted molar refractivity (Wildman–Crippen MR) is 113 cm³/mol. The van der Waals surface area contributed by atoms with Crippen LogP contribution in [-0.4, -0.2) is 31.7 Å². The molecule has 0 spiro atoms. The second kappa shape index (κ2) is 8.64. The highest BCUT2D eigenvalue weighted by Gasteiger charge is 2.28. The minimum Gasteiger partial charge on any atom is -0.322 e. The zero-order valence-corrected chi connectivity index (χ0v) is 17.7. The molecule has 28 heavy (non-hydrogen) atoms. The molecule has 1 saturated heterocycles. The summed E-state index contributed by atoms with van der Waals surface area (Å²) < 4.78 is 27.7. The number of aryl methyl sites for hydroxylation is 1. The summed E-state index contributed by atoms with van der Waals surface area (Å²) in [6, 6.07) is 10.1. The zero-order valence-electron chi connectivity index (χ0n) is 16.2. The Morgan fingerprint density at radius 3 is 2.39 bits per heavy atom. The zero-order chi connectivity index (χ0) is 20.3. The third-order valence-corrected chi connectivity index (χ3v) is 7.61. The van der Waals surface area contributed by atoms with Crippen LogP contribution in [0, 0.1) is 13.8 Å². The van der Waals surface area contributed by atoms with Crippen molar-refractivity contribution in [3.63, 3.8) is 0 Å². The number of hydrogen-bond acceptors (Lipinski definition) is 3. The van der Waals surface area contributed by atoms with Crippen molar-refractivity contribution in [2.24, 2.45) is 0 Å². The number of hydrogen-bond donors (Lipinski definition) is 1. The lowest BCUT2D eigenvalue weighted by molar-refractivity contribution is 0.102. The molecular weight excluding hydrogens is 396 g/mol. The average Bonchev–Trinajstić information content (AvgIpc) is 2.95. The quantitative estimate of drug-likeness (QED) is 0.774. The van der Waals surface area contributed by atoms with E-state index in [1.165, 1.54) is 16.4 Å². The fourth-order valence-corrected chi connectivity index (χ4v) is 5.36. The van der Waals surface area contributed by atoms with Gasteiger partial charge in [0.25, 0.3) is 5.91 Å². The molecule has 0 bridgehead atoms. The number of anilines is 1. The van der Waals surface area contributed by atoms with E-state index in [1.807, 2.05) is 32.0 Å². The highest BCUT2D eigenvalue weighted by molar-refractivity contribution is 7.89. The van der Waals surface area contributed by atoms with Crippen LogP contribution in [0.15, 0.2) is 41.3 Å². The van der Waals surface area contributed by atoms with Crippen LogP contribution in [0.3, 0.4) is 0 Å². The van der Waals surface area contributed by atoms with Gasteiger partial charge in [-0.05, 0) is 62.1 Å². The SMILES string of the molecule is Cc1cccc(NC(=O)c2ccc(Cl)c(S(=O)(=O)N3CCCCCC3)c2)c1C. The normalized spacial score (nSPS) is 15.8. The van der Waals surface area contributed by atoms with Crippen LogP contribution in [0.2, 0.25) is 5.02 Å². The number of rotatable bonds is 4. The first-order chi connectivity index (χ1) is 13.3. The first kappa shape index (κ1) is 20.8. The van der Waals surface area contributed by atoms with E-state index in [0.717, 1.165) is 36.8 Å². The molecule has 5 nitrogen and oxygen atoms in total. The van der Waals surface area contributed by atoms with E-state index in [2.05, 4.69) is 5.32 Å². The van der Waals surface area contributed by atoms with Crippen LogP contribution in [0.4, 0.5) is 5.69 Å². The molecule has 2 aromatic rings. The van der Waals surface area contributed by atoms with Crippen molar-refractivity contribution in [1.29, 1.82) is 0 Å². The summed E-state index contributed by atoms with van der Waals surface area (Å²) >= 11 is 6.21. The number of carbonyl (C=O) groups excluding carboxylic acids is 1. The molecule has 1 fully saturated rings. The van der Waals surface area contributed by atoms with Crippen molar-refractivity contribution in [2.75, 3.05) is 18.4 Å². The van der Waals surface area contributed by atoms with Gasteiger partial charge in [0.05, 0.1) is 5.02 Å². The molecule has 0 unspecified atom stereocenters. The summed E-state index contributed by atoms with van der Waals surface area (Å²) in [6.07, 6.45) is 3.73. The van der Waals surface area contributed by atoms with E-state index in [4.69, 9.17) is 11.6 Å². The Hall–Kier alpha value is -1.89. The van der Waals surface area contributed by atoms with Crippen molar-refractivity contribution in [1.82, 2.24) is 4.31 Å². The summed E-state index contributed by atoms with van der Waals surface area (Å²) in [5, 5.41) is 3.00. The maximum Gasteiger partial charge on any atom is 0.255 e. The van der Waals surface area contributed by atoms with E-state index < -0.39 is 10.0 Å². The van der Waals surface area contributed by atoms with Crippen molar-refractivity contribution in [3.8, 4) is 0 Å². The Morgan fingerprint density at radius 1 is 1.04 bits per heavy atom. The van der Waals surface area contributed by atoms with Gasteiger partial charge in [-0.2, -0.15) is 4.31 Å². The lowest BCUT2D eigenvalue weighted by Gasteiger charge is -2.21. The van der Waals surface area contributed by atoms with Crippen LogP contribution in [-0.2, 0) is 10.0 Å². The van der Waals surface area contributed by atoms with Gasteiger partial charge in [-0.25, -0.2) is 8.42 Å². The predicted octanol–water partition coefficient (Wildman–Crippen LogP) is 4.77. The lowest BCUT2D eigenvalue weighted by Crippen LogP contribution is -2.32. The van der Waals surface area contributed by atoms with Gasteiger partial charge in [-0.15, -0.1) is 0 Å². The number of sulfonamides is 1. The molecule has 1 heterocycles. The van der Waals surface area contributed by atoms with Crippen molar-refractivity contribution in [2.45, 2.75) is 44.4 Å². The number of benzene rings is 2. The Balaban J connectivity index is 1.90. The molecular formula is C21H25ClN2O3S. The lowest BCUT2D eigenvalue weighted by atomic mass is 10.1. The van der Waals surface area contributed by atoms with E-state index >= 15 is 0 Å². The first-order valence-corrected chi connectivity index (χ1v) is 11.3. The minimum atomic E-state index is -3.74. The van der Waals surface area contributed by atoms with Gasteiger partial charge in [0.2, 0.25) is 10.0 Å². The van der Waals surface area contributed by atoms with E-state index in [-0.39, 0.29) is 21.4 Å². The molecule has 2 aromatic carbocycles. The minimum absolute atomic E-state index is 0.00955. The molecule has 150 valence electrons. The second-order valence-corrected chi connectivity index (χ2v) is 9.48. The molecule has 7 heteroatoms. The topological polar surface area (TPSA) is 66.5 Å². The summed E-state index contributed by atoms with van der Waals surface area (Å²) in [6.45, 7) is 4.87. The van der Waals surface area contributed by atoms with Crippen LogP contribution < -0.4 is 5.32 Å². The third kappa shape index (κ3) is 4.40. The molecule has 0 aromatic heterocycles. The van der Waals surface area contributed by atoms with Crippen molar-refractivity contribution >= 4 is 33.2 Å². The van der Waals surface area contributed by atoms with E-state index in [9.17, 15) is 13.2 Å². The molecule has 0 saturated carbocycles. The standard InChI is InChI=1S/C21H25ClN2O3S/c1-15-8-7-9-19(16(15)2)23-21(25)17-10-11-18(22)20(14-17)28(26,27)24-12-5-3-4-6-13-24/h7-11,14H,3-6,12-13H2,1-2H3,(H,23,25). The summed E-state index contributed by atoms with van der Waals surface area (Å²) in [7, 11) is -3.74. The maximum absolute atomic E-state index is 13.1. The summed E-state index contributed by atoms with van der Waals surface area (Å²) in [5.74, 6) is -0.363. The van der Waals surface area contributed by atoms with Gasteiger partial charge < -0.3 is 5.32 Å². The maximum atomic E-state index is 13.1. The molecule has 1 N–H and O–H groups in total. The average molecular weight is 421 g/mol. The highest BCUT2D eigenvalue weighted by Crippen LogP contribution is 2.28. The van der Waals surface area contributed by atoms with E-state index in [1.54, 1.807) is 6.07 Å². The van der Waals surface area contributed by atoms with Gasteiger partial charge >= 0.3 is 0 Å². The number of nitrogens with zero attached hydrogens (tertiary/aromatic N) is 1. The van der Waals surface area contributed by atoms with Crippen LogP contribution in [0.25, 0.3) is 0 Å². The van der Waals surface area contributed by atoms with Gasteiger partial charge in [0.1, 0.15) is 4.90 Å². The monoisotopic (exact) mass is 420 g/mol. The van der Waals surface area contributed by atoms with Gasteiger partial charge in [0, 0.05) is 24.3 Å². The Bertz CT molecular complexity index is 981. The molecule has 0 aliphatic carbocycles. The summed E-state index contributed by atoms with van der Waals surface area (Å²) in [5.41, 5.74) is 3.01. The van der Waals surface area contributed by atoms with E-state index in [0.29, 0.717) is 18.8 Å². The highest BCUT2D eigenvalue weighted by atomic mass is 35.5. The van der Waals surface area contributed by atoms with Crippen molar-refractivity contribution < 1.29 is 13.2 Å². The van der Waals surface area contributed by atoms with Crippen LogP contribution >= 0.6 is 11.6 Å². The fourth-order valence-electron chi connectivity index (χ4n) is 3.34. The van der Waals surface area contributed by atoms with Gasteiger partial charge in [-0.3, -0.25) is 4.79 Å². The van der Waals surface area contributed by atoms with Gasteiger partial charge in [0.15, 0.2) is 0 Å².